The molecule has 9 nitrogen and oxygen atoms in total. The summed E-state index contributed by atoms with van der Waals surface area (Å²) in [7, 11) is 1.43. The summed E-state index contributed by atoms with van der Waals surface area (Å²) in [4.78, 5) is 4.20. The SMILES string of the molecule is COc1c(O)c(O)c(CO)c(C2CC(O)C3CCC(c4ccc(O)c(C5CC(C)CCC5C(O)CC5(c6ccccc6)CCCCC5)c4)CC3O2)c1Cc1cc[n-]c1. The fourth-order valence-corrected chi connectivity index (χ4v) is 11.8. The highest BCUT2D eigenvalue weighted by molar-refractivity contribution is 5.64. The van der Waals surface area contributed by atoms with Gasteiger partial charge in [0.05, 0.1) is 38.1 Å². The van der Waals surface area contributed by atoms with Crippen LogP contribution in [0, 0.1) is 17.8 Å². The van der Waals surface area contributed by atoms with E-state index in [1.54, 1.807) is 12.4 Å². The molecule has 4 fully saturated rings. The minimum atomic E-state index is -0.670. The number of rotatable bonds is 11. The molecule has 0 amide bonds. The van der Waals surface area contributed by atoms with Crippen LogP contribution in [0.3, 0.4) is 0 Å². The Balaban J connectivity index is 1.06. The van der Waals surface area contributed by atoms with Crippen LogP contribution in [0.5, 0.6) is 23.0 Å². The number of phenolic OH excluding ortho intramolecular Hbond substituents is 2. The zero-order valence-electron chi connectivity index (χ0n) is 34.1. The topological polar surface area (TPSA) is 154 Å². The lowest BCUT2D eigenvalue weighted by molar-refractivity contribution is -0.154. The quantitative estimate of drug-likeness (QED) is 0.0819. The molecule has 9 heteroatoms. The van der Waals surface area contributed by atoms with Crippen molar-refractivity contribution in [2.45, 2.75) is 145 Å². The van der Waals surface area contributed by atoms with Gasteiger partial charge in [-0.3, -0.25) is 0 Å². The summed E-state index contributed by atoms with van der Waals surface area (Å²) in [6, 6.07) is 18.8. The van der Waals surface area contributed by atoms with Crippen molar-refractivity contribution >= 4 is 0 Å². The van der Waals surface area contributed by atoms with Gasteiger partial charge < -0.3 is 45.1 Å². The molecule has 3 aromatic carbocycles. The number of fused-ring (bicyclic) bond motifs is 1. The number of hydrogen-bond donors (Lipinski definition) is 6. The third-order valence-electron chi connectivity index (χ3n) is 14.8. The Morgan fingerprint density at radius 1 is 0.897 bits per heavy atom. The second kappa shape index (κ2) is 17.3. The van der Waals surface area contributed by atoms with Crippen molar-refractivity contribution in [2.24, 2.45) is 17.8 Å². The Morgan fingerprint density at radius 3 is 2.41 bits per heavy atom. The van der Waals surface area contributed by atoms with E-state index in [9.17, 15) is 30.6 Å². The number of aromatic nitrogens is 1. The van der Waals surface area contributed by atoms with Gasteiger partial charge in [0.15, 0.2) is 11.5 Å². The van der Waals surface area contributed by atoms with Crippen molar-refractivity contribution < 1.29 is 40.1 Å². The molecule has 2 heterocycles. The lowest BCUT2D eigenvalue weighted by Crippen LogP contribution is -2.44. The molecule has 9 atom stereocenters. The highest BCUT2D eigenvalue weighted by atomic mass is 16.5. The van der Waals surface area contributed by atoms with Crippen LogP contribution in [0.15, 0.2) is 67.0 Å². The Labute approximate surface area is 343 Å². The van der Waals surface area contributed by atoms with Gasteiger partial charge in [-0.15, -0.1) is 0 Å². The number of aromatic hydroxyl groups is 3. The highest BCUT2D eigenvalue weighted by Gasteiger charge is 2.45. The standard InChI is InChI=1S/C49H62NO8/c1-29-11-14-34(42(54)26-49(18-7-4-8-19-49)33-9-5-3-6-10-33)36(21-29)37-23-31(13-16-40(37)52)32-12-15-35-41(53)25-44(58-43(35)24-32)45-38(22-30-17-20-50-27-30)48(57-2)47(56)46(55)39(45)28-51/h3,5-6,9-10,13,16-17,20,23,27,29,32,34-36,41-44,51-56H,4,7-8,11-12,14-15,18-19,21-22,24-26,28H2,1-2H3/q-1. The molecule has 58 heavy (non-hydrogen) atoms. The Kier molecular flexibility index (Phi) is 12.1. The first-order chi connectivity index (χ1) is 28.1. The van der Waals surface area contributed by atoms with E-state index in [0.29, 0.717) is 35.6 Å². The number of phenols is 3. The lowest BCUT2D eigenvalue weighted by Gasteiger charge is -2.46. The zero-order valence-corrected chi connectivity index (χ0v) is 34.1. The molecule has 4 aliphatic rings. The Morgan fingerprint density at radius 2 is 1.69 bits per heavy atom. The largest absolute Gasteiger partial charge is 0.670 e. The van der Waals surface area contributed by atoms with E-state index in [4.69, 9.17) is 9.47 Å². The molecule has 0 bridgehead atoms. The second-order valence-corrected chi connectivity index (χ2v) is 18.2. The molecule has 1 aromatic heterocycles. The van der Waals surface area contributed by atoms with Gasteiger partial charge in [-0.2, -0.15) is 12.4 Å². The molecule has 1 aliphatic heterocycles. The fraction of sp³-hybridized carbons (Fsp3) is 0.551. The average Bonchev–Trinajstić information content (AvgIpc) is 3.76. The lowest BCUT2D eigenvalue weighted by atomic mass is 9.62. The van der Waals surface area contributed by atoms with Crippen LogP contribution >= 0.6 is 0 Å². The zero-order chi connectivity index (χ0) is 40.6. The van der Waals surface area contributed by atoms with Gasteiger partial charge in [-0.1, -0.05) is 86.7 Å². The van der Waals surface area contributed by atoms with E-state index in [0.717, 1.165) is 68.1 Å². The van der Waals surface area contributed by atoms with Crippen LogP contribution in [0.1, 0.15) is 147 Å². The van der Waals surface area contributed by atoms with E-state index < -0.39 is 36.4 Å². The average molecular weight is 793 g/mol. The first kappa shape index (κ1) is 40.7. The van der Waals surface area contributed by atoms with Crippen LogP contribution in [0.4, 0.5) is 0 Å². The monoisotopic (exact) mass is 792 g/mol. The van der Waals surface area contributed by atoms with Gasteiger partial charge >= 0.3 is 0 Å². The molecule has 0 radical (unpaired) electrons. The minimum Gasteiger partial charge on any atom is -0.670 e. The van der Waals surface area contributed by atoms with Crippen molar-refractivity contribution in [3.05, 3.63) is 106 Å². The van der Waals surface area contributed by atoms with E-state index in [1.165, 1.54) is 31.9 Å². The predicted octanol–water partition coefficient (Wildman–Crippen LogP) is 8.80. The molecule has 3 saturated carbocycles. The van der Waals surface area contributed by atoms with Crippen LogP contribution in [0.25, 0.3) is 0 Å². The highest BCUT2D eigenvalue weighted by Crippen LogP contribution is 2.54. The van der Waals surface area contributed by atoms with E-state index in [2.05, 4.69) is 48.3 Å². The number of aliphatic hydroxyl groups excluding tert-OH is 3. The van der Waals surface area contributed by atoms with E-state index in [1.807, 2.05) is 18.2 Å². The Hall–Kier alpha value is -4.02. The smallest absolute Gasteiger partial charge is 0.201 e. The first-order valence-electron chi connectivity index (χ1n) is 21.8. The summed E-state index contributed by atoms with van der Waals surface area (Å²) in [6.07, 6.45) is 13.7. The minimum absolute atomic E-state index is 0.0269. The number of benzene rings is 3. The van der Waals surface area contributed by atoms with Crippen LogP contribution in [-0.2, 0) is 23.2 Å². The summed E-state index contributed by atoms with van der Waals surface area (Å²) in [5, 5.41) is 68.1. The molecule has 3 aliphatic carbocycles. The maximum atomic E-state index is 12.3. The summed E-state index contributed by atoms with van der Waals surface area (Å²) in [6.45, 7) is 1.76. The van der Waals surface area contributed by atoms with Gasteiger partial charge in [0, 0.05) is 23.5 Å². The molecule has 1 saturated heterocycles. The van der Waals surface area contributed by atoms with Crippen molar-refractivity contribution in [3.8, 4) is 23.0 Å². The van der Waals surface area contributed by atoms with Crippen LogP contribution < -0.4 is 9.72 Å². The van der Waals surface area contributed by atoms with Crippen molar-refractivity contribution in [2.75, 3.05) is 7.11 Å². The number of hydrogen-bond acceptors (Lipinski definition) is 8. The molecule has 0 spiro atoms. The first-order valence-corrected chi connectivity index (χ1v) is 21.8. The number of ether oxygens (including phenoxy) is 2. The molecule has 312 valence electrons. The van der Waals surface area contributed by atoms with Gasteiger partial charge in [0.1, 0.15) is 5.75 Å². The number of aliphatic hydroxyl groups is 3. The van der Waals surface area contributed by atoms with Gasteiger partial charge in [-0.25, -0.2) is 0 Å². The normalized spacial score (nSPS) is 29.1. The summed E-state index contributed by atoms with van der Waals surface area (Å²) >= 11 is 0. The molecule has 8 rings (SSSR count). The summed E-state index contributed by atoms with van der Waals surface area (Å²) in [5.74, 6) is 0.123. The second-order valence-electron chi connectivity index (χ2n) is 18.2. The third kappa shape index (κ3) is 7.87. The maximum Gasteiger partial charge on any atom is 0.201 e. The number of nitrogens with zero attached hydrogens (tertiary/aromatic N) is 1. The predicted molar refractivity (Wildman–Crippen MR) is 222 cm³/mol. The maximum absolute atomic E-state index is 12.3. The van der Waals surface area contributed by atoms with Gasteiger partial charge in [-0.05, 0) is 115 Å². The molecule has 4 aromatic rings. The van der Waals surface area contributed by atoms with Gasteiger partial charge in [0.2, 0.25) is 5.75 Å². The summed E-state index contributed by atoms with van der Waals surface area (Å²) < 4.78 is 12.6. The van der Waals surface area contributed by atoms with Crippen molar-refractivity contribution in [1.29, 1.82) is 0 Å². The molecule has 9 unspecified atom stereocenters. The summed E-state index contributed by atoms with van der Waals surface area (Å²) in [5.41, 5.74) is 5.53. The van der Waals surface area contributed by atoms with E-state index >= 15 is 0 Å². The van der Waals surface area contributed by atoms with Crippen LogP contribution in [0.2, 0.25) is 0 Å². The molecular weight excluding hydrogens is 731 g/mol. The van der Waals surface area contributed by atoms with Crippen molar-refractivity contribution in [3.63, 3.8) is 0 Å². The van der Waals surface area contributed by atoms with Crippen LogP contribution in [-0.4, -0.2) is 56.1 Å². The number of methoxy groups -OCH3 is 1. The van der Waals surface area contributed by atoms with Gasteiger partial charge in [0.25, 0.3) is 0 Å². The third-order valence-corrected chi connectivity index (χ3v) is 14.8. The Bertz CT molecular complexity index is 1990. The fourth-order valence-electron chi connectivity index (χ4n) is 11.8. The van der Waals surface area contributed by atoms with Crippen molar-refractivity contribution in [1.82, 2.24) is 4.98 Å². The molecular formula is C49H62NO8-. The molecule has 6 N–H and O–H groups in total. The van der Waals surface area contributed by atoms with E-state index in [-0.39, 0.29) is 52.9 Å².